The first kappa shape index (κ1) is 23.8. The predicted octanol–water partition coefficient (Wildman–Crippen LogP) is 3.73. The van der Waals surface area contributed by atoms with Crippen LogP contribution in [0.25, 0.3) is 11.1 Å². The Kier molecular flexibility index (Phi) is 7.03. The molecule has 33 heavy (non-hydrogen) atoms. The Morgan fingerprint density at radius 3 is 2.33 bits per heavy atom. The van der Waals surface area contributed by atoms with Crippen molar-refractivity contribution in [2.75, 3.05) is 11.1 Å². The molecule has 0 aliphatic heterocycles. The molecular formula is C24H24F2N4O3. The first-order chi connectivity index (χ1) is 15.5. The highest BCUT2D eigenvalue weighted by atomic mass is 19.1. The molecule has 0 unspecified atom stereocenters. The summed E-state index contributed by atoms with van der Waals surface area (Å²) in [4.78, 5) is 28.9. The lowest BCUT2D eigenvalue weighted by Gasteiger charge is -2.15. The number of aliphatic hydroxyl groups is 1. The van der Waals surface area contributed by atoms with Crippen LogP contribution in [0.1, 0.15) is 41.4 Å². The number of nitrogens with one attached hydrogen (secondary N) is 2. The van der Waals surface area contributed by atoms with E-state index in [1.54, 1.807) is 37.4 Å². The van der Waals surface area contributed by atoms with Gasteiger partial charge in [-0.05, 0) is 67.8 Å². The molecule has 0 fully saturated rings. The highest BCUT2D eigenvalue weighted by Crippen LogP contribution is 2.28. The zero-order chi connectivity index (χ0) is 24.3. The number of aliphatic hydroxyl groups excluding tert-OH is 1. The van der Waals surface area contributed by atoms with Crippen LogP contribution in [-0.4, -0.2) is 27.9 Å². The topological polar surface area (TPSA) is 117 Å². The second-order valence-electron chi connectivity index (χ2n) is 7.91. The van der Waals surface area contributed by atoms with Crippen LogP contribution in [0.5, 0.6) is 0 Å². The SMILES string of the molecule is Cc1cc(NC(=O)[C@@H](O)c2cc(F)cc(F)c2)ccc1-c1cnc(N)c(C(=O)NC(C)C)c1. The van der Waals surface area contributed by atoms with Gasteiger partial charge in [0.05, 0.1) is 5.56 Å². The third kappa shape index (κ3) is 5.69. The minimum atomic E-state index is -1.75. The number of hydrogen-bond acceptors (Lipinski definition) is 5. The van der Waals surface area contributed by atoms with Crippen LogP contribution in [-0.2, 0) is 4.79 Å². The summed E-state index contributed by atoms with van der Waals surface area (Å²) >= 11 is 0. The average Bonchev–Trinajstić information content (AvgIpc) is 2.72. The van der Waals surface area contributed by atoms with E-state index in [0.29, 0.717) is 17.3 Å². The average molecular weight is 454 g/mol. The van der Waals surface area contributed by atoms with Crippen molar-refractivity contribution in [3.63, 3.8) is 0 Å². The van der Waals surface area contributed by atoms with Gasteiger partial charge in [-0.25, -0.2) is 13.8 Å². The molecule has 0 radical (unpaired) electrons. The summed E-state index contributed by atoms with van der Waals surface area (Å²) in [5.74, 6) is -2.84. The first-order valence-electron chi connectivity index (χ1n) is 10.2. The molecule has 7 nitrogen and oxygen atoms in total. The second-order valence-corrected chi connectivity index (χ2v) is 7.91. The normalized spacial score (nSPS) is 11.8. The van der Waals surface area contributed by atoms with Crippen molar-refractivity contribution >= 4 is 23.3 Å². The van der Waals surface area contributed by atoms with E-state index >= 15 is 0 Å². The van der Waals surface area contributed by atoms with Gasteiger partial charge in [0.1, 0.15) is 17.5 Å². The van der Waals surface area contributed by atoms with Crippen molar-refractivity contribution < 1.29 is 23.5 Å². The van der Waals surface area contributed by atoms with Gasteiger partial charge >= 0.3 is 0 Å². The van der Waals surface area contributed by atoms with E-state index in [0.717, 1.165) is 23.3 Å². The van der Waals surface area contributed by atoms with Crippen molar-refractivity contribution in [3.05, 3.63) is 77.0 Å². The van der Waals surface area contributed by atoms with Gasteiger partial charge in [0.15, 0.2) is 6.10 Å². The van der Waals surface area contributed by atoms with Gasteiger partial charge in [-0.3, -0.25) is 9.59 Å². The summed E-state index contributed by atoms with van der Waals surface area (Å²) in [5.41, 5.74) is 8.46. The minimum absolute atomic E-state index is 0.0654. The Labute approximate surface area is 189 Å². The quantitative estimate of drug-likeness (QED) is 0.453. The van der Waals surface area contributed by atoms with Crippen LogP contribution in [0, 0.1) is 18.6 Å². The fourth-order valence-electron chi connectivity index (χ4n) is 3.30. The predicted molar refractivity (Wildman–Crippen MR) is 121 cm³/mol. The maximum Gasteiger partial charge on any atom is 0.257 e. The van der Waals surface area contributed by atoms with Crippen molar-refractivity contribution in [3.8, 4) is 11.1 Å². The summed E-state index contributed by atoms with van der Waals surface area (Å²) in [6, 6.07) is 8.99. The van der Waals surface area contributed by atoms with E-state index in [2.05, 4.69) is 15.6 Å². The molecule has 2 amide bonds. The van der Waals surface area contributed by atoms with Gasteiger partial charge in [-0.2, -0.15) is 0 Å². The summed E-state index contributed by atoms with van der Waals surface area (Å²) in [5, 5.41) is 15.5. The molecule has 0 saturated carbocycles. The van der Waals surface area contributed by atoms with Gasteiger partial charge in [0, 0.05) is 29.6 Å². The molecule has 5 N–H and O–H groups in total. The van der Waals surface area contributed by atoms with E-state index in [9.17, 15) is 23.5 Å². The number of nitrogen functional groups attached to an aromatic ring is 1. The molecule has 1 heterocycles. The molecule has 1 aromatic heterocycles. The third-order valence-electron chi connectivity index (χ3n) is 4.84. The number of nitrogens with zero attached hydrogens (tertiary/aromatic N) is 1. The van der Waals surface area contributed by atoms with Gasteiger partial charge in [0.25, 0.3) is 11.8 Å². The highest BCUT2D eigenvalue weighted by Gasteiger charge is 2.20. The smallest absolute Gasteiger partial charge is 0.257 e. The molecule has 0 saturated heterocycles. The van der Waals surface area contributed by atoms with E-state index < -0.39 is 23.6 Å². The number of benzene rings is 2. The molecule has 1 atom stereocenters. The molecule has 0 spiro atoms. The Bertz CT molecular complexity index is 1190. The minimum Gasteiger partial charge on any atom is -0.383 e. The summed E-state index contributed by atoms with van der Waals surface area (Å²) in [6.07, 6.45) is -0.205. The fraction of sp³-hybridized carbons (Fsp3) is 0.208. The third-order valence-corrected chi connectivity index (χ3v) is 4.84. The summed E-state index contributed by atoms with van der Waals surface area (Å²) in [7, 11) is 0. The maximum absolute atomic E-state index is 13.4. The van der Waals surface area contributed by atoms with E-state index in [1.807, 2.05) is 13.8 Å². The first-order valence-corrected chi connectivity index (χ1v) is 10.2. The molecule has 172 valence electrons. The van der Waals surface area contributed by atoms with Crippen LogP contribution in [0.4, 0.5) is 20.3 Å². The molecule has 0 aliphatic carbocycles. The number of hydrogen-bond donors (Lipinski definition) is 4. The lowest BCUT2D eigenvalue weighted by Crippen LogP contribution is -2.30. The molecule has 0 aliphatic rings. The van der Waals surface area contributed by atoms with Crippen LogP contribution in [0.15, 0.2) is 48.7 Å². The zero-order valence-electron chi connectivity index (χ0n) is 18.3. The molecule has 9 heteroatoms. The number of amides is 2. The van der Waals surface area contributed by atoms with Crippen LogP contribution < -0.4 is 16.4 Å². The zero-order valence-corrected chi connectivity index (χ0v) is 18.3. The van der Waals surface area contributed by atoms with Crippen molar-refractivity contribution in [1.82, 2.24) is 10.3 Å². The summed E-state index contributed by atoms with van der Waals surface area (Å²) < 4.78 is 26.8. The second kappa shape index (κ2) is 9.74. The monoisotopic (exact) mass is 454 g/mol. The molecule has 3 aromatic rings. The van der Waals surface area contributed by atoms with Crippen molar-refractivity contribution in [2.24, 2.45) is 0 Å². The fourth-order valence-corrected chi connectivity index (χ4v) is 3.30. The lowest BCUT2D eigenvalue weighted by atomic mass is 9.99. The van der Waals surface area contributed by atoms with E-state index in [4.69, 9.17) is 5.73 Å². The maximum atomic E-state index is 13.4. The molecule has 2 aromatic carbocycles. The van der Waals surface area contributed by atoms with Gasteiger partial charge in [-0.1, -0.05) is 6.07 Å². The number of nitrogens with two attached hydrogens (primary N) is 1. The molecule has 0 bridgehead atoms. The summed E-state index contributed by atoms with van der Waals surface area (Å²) in [6.45, 7) is 5.47. The molecular weight excluding hydrogens is 430 g/mol. The number of anilines is 2. The van der Waals surface area contributed by atoms with E-state index in [1.165, 1.54) is 0 Å². The van der Waals surface area contributed by atoms with Gasteiger partial charge in [0.2, 0.25) is 0 Å². The number of carbonyl (C=O) groups excluding carboxylic acids is 2. The Hall–Kier alpha value is -3.85. The van der Waals surface area contributed by atoms with Crippen LogP contribution >= 0.6 is 0 Å². The number of carbonyl (C=O) groups is 2. The Balaban J connectivity index is 1.81. The number of rotatable bonds is 6. The number of pyridine rings is 1. The van der Waals surface area contributed by atoms with Crippen molar-refractivity contribution in [1.29, 1.82) is 0 Å². The largest absolute Gasteiger partial charge is 0.383 e. The highest BCUT2D eigenvalue weighted by molar-refractivity contribution is 6.00. The van der Waals surface area contributed by atoms with Crippen LogP contribution in [0.2, 0.25) is 0 Å². The standard InChI is InChI=1S/C24H24F2N4O3/c1-12(2)29-23(32)20-9-15(11-28-22(20)27)19-5-4-18(6-13(19)3)30-24(33)21(31)14-7-16(25)10-17(26)8-14/h4-12,21,31H,1-3H3,(H2,27,28)(H,29,32)(H,30,33)/t21-/m0/s1. The number of halogens is 2. The number of aryl methyl sites for hydroxylation is 1. The van der Waals surface area contributed by atoms with E-state index in [-0.39, 0.29) is 28.9 Å². The Morgan fingerprint density at radius 1 is 1.06 bits per heavy atom. The van der Waals surface area contributed by atoms with Gasteiger partial charge in [-0.15, -0.1) is 0 Å². The lowest BCUT2D eigenvalue weighted by molar-refractivity contribution is -0.124. The van der Waals surface area contributed by atoms with Crippen LogP contribution in [0.3, 0.4) is 0 Å². The van der Waals surface area contributed by atoms with Crippen molar-refractivity contribution in [2.45, 2.75) is 32.9 Å². The number of aromatic nitrogens is 1. The molecule has 3 rings (SSSR count). The van der Waals surface area contributed by atoms with Gasteiger partial charge < -0.3 is 21.5 Å². The Morgan fingerprint density at radius 2 is 1.73 bits per heavy atom.